The van der Waals surface area contributed by atoms with Crippen LogP contribution >= 0.6 is 11.9 Å². The van der Waals surface area contributed by atoms with Crippen molar-refractivity contribution < 1.29 is 4.79 Å². The molecule has 4 fully saturated rings. The molecule has 3 heterocycles. The Hall–Kier alpha value is -1.00. The first-order valence-electron chi connectivity index (χ1n) is 9.54. The molecule has 3 nitrogen and oxygen atoms in total. The first-order valence-corrected chi connectivity index (χ1v) is 10.3. The van der Waals surface area contributed by atoms with Gasteiger partial charge in [-0.1, -0.05) is 18.2 Å². The molecule has 3 saturated heterocycles. The number of benzene rings is 1. The highest BCUT2D eigenvalue weighted by Crippen LogP contribution is 2.35. The molecule has 0 aromatic heterocycles. The van der Waals surface area contributed by atoms with Crippen molar-refractivity contribution in [2.75, 3.05) is 26.2 Å². The second-order valence-corrected chi connectivity index (χ2v) is 8.91. The molecule has 2 bridgehead atoms. The van der Waals surface area contributed by atoms with Crippen LogP contribution in [-0.2, 0) is 4.79 Å². The highest BCUT2D eigenvalue weighted by molar-refractivity contribution is 7.97. The number of nitrogens with zero attached hydrogens (tertiary/aromatic N) is 2. The highest BCUT2D eigenvalue weighted by Gasteiger charge is 2.35. The van der Waals surface area contributed by atoms with Crippen LogP contribution in [-0.4, -0.2) is 41.3 Å². The first-order chi connectivity index (χ1) is 11.8. The van der Waals surface area contributed by atoms with Gasteiger partial charge in [0.05, 0.1) is 0 Å². The van der Waals surface area contributed by atoms with Gasteiger partial charge in [0.25, 0.3) is 0 Å². The molecule has 1 aromatic carbocycles. The van der Waals surface area contributed by atoms with Gasteiger partial charge in [-0.05, 0) is 74.4 Å². The summed E-state index contributed by atoms with van der Waals surface area (Å²) in [6.45, 7) is 4.12. The van der Waals surface area contributed by atoms with Crippen LogP contribution in [0.5, 0.6) is 0 Å². The fourth-order valence-corrected chi connectivity index (χ4v) is 5.53. The van der Waals surface area contributed by atoms with Crippen molar-refractivity contribution in [2.45, 2.75) is 43.4 Å². The second kappa shape index (κ2) is 7.49. The van der Waals surface area contributed by atoms with E-state index in [1.54, 1.807) is 0 Å². The molecule has 0 spiro atoms. The highest BCUT2D eigenvalue weighted by atomic mass is 32.2. The maximum absolute atomic E-state index is 13.0. The number of carbonyl (C=O) groups is 1. The van der Waals surface area contributed by atoms with Crippen LogP contribution < -0.4 is 0 Å². The van der Waals surface area contributed by atoms with Gasteiger partial charge in [-0.15, -0.1) is 0 Å². The molecule has 1 aliphatic carbocycles. The average Bonchev–Trinajstić information content (AvgIpc) is 2.96. The van der Waals surface area contributed by atoms with E-state index in [0.29, 0.717) is 5.91 Å². The lowest BCUT2D eigenvalue weighted by atomic mass is 9.84. The minimum Gasteiger partial charge on any atom is -0.342 e. The Morgan fingerprint density at radius 1 is 0.875 bits per heavy atom. The summed E-state index contributed by atoms with van der Waals surface area (Å²) in [5.74, 6) is 2.27. The molecule has 0 N–H and O–H groups in total. The zero-order valence-electron chi connectivity index (χ0n) is 14.4. The molecule has 130 valence electrons. The third-order valence-corrected chi connectivity index (χ3v) is 7.12. The summed E-state index contributed by atoms with van der Waals surface area (Å²) in [4.78, 5) is 16.5. The van der Waals surface area contributed by atoms with Gasteiger partial charge in [0.2, 0.25) is 5.91 Å². The number of carbonyl (C=O) groups excluding carboxylic acids is 1. The van der Waals surface area contributed by atoms with Crippen molar-refractivity contribution in [3.05, 3.63) is 30.3 Å². The lowest BCUT2D eigenvalue weighted by Crippen LogP contribution is -2.42. The topological polar surface area (TPSA) is 23.6 Å². The SMILES string of the molecule is O=C(C1CCN(Sc2ccccc2)CC1)N1CC2CCC(CC2)C1. The summed E-state index contributed by atoms with van der Waals surface area (Å²) in [6, 6.07) is 10.6. The summed E-state index contributed by atoms with van der Waals surface area (Å²) >= 11 is 1.84. The van der Waals surface area contributed by atoms with Gasteiger partial charge in [-0.2, -0.15) is 0 Å². The standard InChI is InChI=1S/C20H28N2OS/c23-20(21-14-16-6-7-17(15-21)9-8-16)18-10-12-22(13-11-18)24-19-4-2-1-3-5-19/h1-5,16-18H,6-15H2. The van der Waals surface area contributed by atoms with Gasteiger partial charge < -0.3 is 4.90 Å². The summed E-state index contributed by atoms with van der Waals surface area (Å²) in [7, 11) is 0. The van der Waals surface area contributed by atoms with Crippen LogP contribution in [0.2, 0.25) is 0 Å². The lowest BCUT2D eigenvalue weighted by Gasteiger charge is -2.33. The molecule has 0 radical (unpaired) electrons. The normalized spacial score (nSPS) is 28.8. The first kappa shape index (κ1) is 16.5. The molecule has 0 unspecified atom stereocenters. The summed E-state index contributed by atoms with van der Waals surface area (Å²) in [5.41, 5.74) is 0. The molecule has 1 saturated carbocycles. The van der Waals surface area contributed by atoms with Gasteiger partial charge in [-0.3, -0.25) is 4.79 Å². The van der Waals surface area contributed by atoms with Crippen molar-refractivity contribution in [3.63, 3.8) is 0 Å². The summed E-state index contributed by atoms with van der Waals surface area (Å²) in [5, 5.41) is 0. The maximum Gasteiger partial charge on any atom is 0.225 e. The van der Waals surface area contributed by atoms with Crippen LogP contribution in [0.25, 0.3) is 0 Å². The predicted molar refractivity (Wildman–Crippen MR) is 98.6 cm³/mol. The van der Waals surface area contributed by atoms with Crippen molar-refractivity contribution in [2.24, 2.45) is 17.8 Å². The second-order valence-electron chi connectivity index (χ2n) is 7.74. The predicted octanol–water partition coefficient (Wildman–Crippen LogP) is 4.05. The van der Waals surface area contributed by atoms with E-state index in [1.807, 2.05) is 11.9 Å². The van der Waals surface area contributed by atoms with E-state index in [9.17, 15) is 4.79 Å². The van der Waals surface area contributed by atoms with Crippen LogP contribution in [0, 0.1) is 17.8 Å². The number of hydrogen-bond acceptors (Lipinski definition) is 3. The van der Waals surface area contributed by atoms with Gasteiger partial charge in [0.15, 0.2) is 0 Å². The van der Waals surface area contributed by atoms with Crippen LogP contribution in [0.1, 0.15) is 38.5 Å². The molecule has 1 aromatic rings. The quantitative estimate of drug-likeness (QED) is 0.773. The van der Waals surface area contributed by atoms with Gasteiger partial charge in [0.1, 0.15) is 0 Å². The number of amides is 1. The number of rotatable bonds is 3. The van der Waals surface area contributed by atoms with E-state index in [-0.39, 0.29) is 5.92 Å². The third-order valence-electron chi connectivity index (χ3n) is 6.02. The van der Waals surface area contributed by atoms with Crippen LogP contribution in [0.15, 0.2) is 35.2 Å². The Kier molecular flexibility index (Phi) is 5.14. The Bertz CT molecular complexity index is 534. The van der Waals surface area contributed by atoms with Crippen molar-refractivity contribution in [1.82, 2.24) is 9.21 Å². The molecular weight excluding hydrogens is 316 g/mol. The molecular formula is C20H28N2OS. The number of piperidine rings is 1. The Balaban J connectivity index is 1.30. The minimum absolute atomic E-state index is 0.259. The van der Waals surface area contributed by atoms with Crippen LogP contribution in [0.3, 0.4) is 0 Å². The van der Waals surface area contributed by atoms with E-state index in [0.717, 1.165) is 50.9 Å². The van der Waals surface area contributed by atoms with Gasteiger partial charge in [-0.25, -0.2) is 4.31 Å². The molecule has 0 atom stereocenters. The van der Waals surface area contributed by atoms with E-state index in [2.05, 4.69) is 39.5 Å². The average molecular weight is 345 g/mol. The molecule has 4 heteroatoms. The number of fused-ring (bicyclic) bond motifs is 4. The molecule has 4 aliphatic rings. The van der Waals surface area contributed by atoms with E-state index < -0.39 is 0 Å². The molecule has 24 heavy (non-hydrogen) atoms. The van der Waals surface area contributed by atoms with Crippen LogP contribution in [0.4, 0.5) is 0 Å². The number of hydrogen-bond donors (Lipinski definition) is 0. The fourth-order valence-electron chi connectivity index (χ4n) is 4.56. The van der Waals surface area contributed by atoms with Crippen molar-refractivity contribution >= 4 is 17.9 Å². The third kappa shape index (κ3) is 3.80. The largest absolute Gasteiger partial charge is 0.342 e. The smallest absolute Gasteiger partial charge is 0.225 e. The van der Waals surface area contributed by atoms with Gasteiger partial charge in [0, 0.05) is 37.0 Å². The lowest BCUT2D eigenvalue weighted by molar-refractivity contribution is -0.137. The Labute approximate surface area is 149 Å². The summed E-state index contributed by atoms with van der Waals surface area (Å²) in [6.07, 6.45) is 7.43. The van der Waals surface area contributed by atoms with Crippen molar-refractivity contribution in [3.8, 4) is 0 Å². The minimum atomic E-state index is 0.259. The fraction of sp³-hybridized carbons (Fsp3) is 0.650. The zero-order chi connectivity index (χ0) is 16.4. The monoisotopic (exact) mass is 344 g/mol. The van der Waals surface area contributed by atoms with E-state index >= 15 is 0 Å². The van der Waals surface area contributed by atoms with Gasteiger partial charge >= 0.3 is 0 Å². The Morgan fingerprint density at radius 2 is 1.46 bits per heavy atom. The Morgan fingerprint density at radius 3 is 2.04 bits per heavy atom. The van der Waals surface area contributed by atoms with E-state index in [4.69, 9.17) is 0 Å². The zero-order valence-corrected chi connectivity index (χ0v) is 15.2. The van der Waals surface area contributed by atoms with E-state index in [1.165, 1.54) is 30.6 Å². The van der Waals surface area contributed by atoms with Crippen molar-refractivity contribution in [1.29, 1.82) is 0 Å². The molecule has 1 amide bonds. The molecule has 3 aliphatic heterocycles. The summed E-state index contributed by atoms with van der Waals surface area (Å²) < 4.78 is 2.42. The maximum atomic E-state index is 13.0. The molecule has 5 rings (SSSR count).